The monoisotopic (exact) mass is 369 g/mol. The highest BCUT2D eigenvalue weighted by atomic mass is 16.4. The molecule has 140 valence electrons. The van der Waals surface area contributed by atoms with Crippen LogP contribution >= 0.6 is 0 Å². The van der Waals surface area contributed by atoms with Crippen LogP contribution in [0.2, 0.25) is 0 Å². The zero-order valence-corrected chi connectivity index (χ0v) is 16.3. The maximum atomic E-state index is 11.6. The highest BCUT2D eigenvalue weighted by Crippen LogP contribution is 2.37. The van der Waals surface area contributed by atoms with Gasteiger partial charge in [0.1, 0.15) is 0 Å². The Morgan fingerprint density at radius 1 is 0.857 bits per heavy atom. The number of nitrogens with zero attached hydrogens (tertiary/aromatic N) is 1. The van der Waals surface area contributed by atoms with Crippen LogP contribution in [0, 0.1) is 0 Å². The molecule has 0 radical (unpaired) electrons. The van der Waals surface area contributed by atoms with Gasteiger partial charge < -0.3 is 9.67 Å². The molecule has 4 aromatic rings. The lowest BCUT2D eigenvalue weighted by Gasteiger charge is -2.22. The predicted molar refractivity (Wildman–Crippen MR) is 114 cm³/mol. The van der Waals surface area contributed by atoms with Crippen LogP contribution in [-0.4, -0.2) is 15.6 Å². The van der Waals surface area contributed by atoms with Crippen LogP contribution < -0.4 is 0 Å². The van der Waals surface area contributed by atoms with Crippen molar-refractivity contribution in [2.75, 3.05) is 0 Å². The average molecular weight is 369 g/mol. The molecular weight excluding hydrogens is 346 g/mol. The Hall–Kier alpha value is -3.33. The van der Waals surface area contributed by atoms with Gasteiger partial charge in [-0.1, -0.05) is 75.4 Å². The van der Waals surface area contributed by atoms with E-state index in [1.165, 1.54) is 5.56 Å². The Balaban J connectivity index is 2.12. The molecule has 0 unspecified atom stereocenters. The molecule has 0 bridgehead atoms. The number of rotatable bonds is 3. The summed E-state index contributed by atoms with van der Waals surface area (Å²) in [4.78, 5) is 11.6. The second kappa shape index (κ2) is 6.68. The third-order valence-corrected chi connectivity index (χ3v) is 5.05. The van der Waals surface area contributed by atoms with Gasteiger partial charge in [-0.2, -0.15) is 0 Å². The Kier molecular flexibility index (Phi) is 4.31. The summed E-state index contributed by atoms with van der Waals surface area (Å²) in [6, 6.07) is 25.9. The van der Waals surface area contributed by atoms with Crippen molar-refractivity contribution in [3.05, 3.63) is 90.0 Å². The molecule has 4 rings (SSSR count). The average Bonchev–Trinajstić information content (AvgIpc) is 3.07. The van der Waals surface area contributed by atoms with Crippen LogP contribution in [0.25, 0.3) is 27.8 Å². The van der Waals surface area contributed by atoms with Crippen LogP contribution in [-0.2, 0) is 5.41 Å². The SMILES string of the molecule is CC(C)(C)c1cccc2cc(-c3ccccc3)n(-c3cccc(C(=O)O)c3)c12. The maximum absolute atomic E-state index is 11.6. The summed E-state index contributed by atoms with van der Waals surface area (Å²) in [5.74, 6) is -0.921. The van der Waals surface area contributed by atoms with Gasteiger partial charge in [-0.15, -0.1) is 0 Å². The normalized spacial score (nSPS) is 11.7. The second-order valence-electron chi connectivity index (χ2n) is 8.08. The first kappa shape index (κ1) is 18.1. The van der Waals surface area contributed by atoms with Crippen LogP contribution in [0.3, 0.4) is 0 Å². The summed E-state index contributed by atoms with van der Waals surface area (Å²) in [5, 5.41) is 10.6. The summed E-state index contributed by atoms with van der Waals surface area (Å²) in [5.41, 5.74) is 5.59. The number of carboxylic acids is 1. The topological polar surface area (TPSA) is 42.2 Å². The van der Waals surface area contributed by atoms with E-state index < -0.39 is 5.97 Å². The first-order valence-corrected chi connectivity index (χ1v) is 9.40. The molecule has 3 nitrogen and oxygen atoms in total. The van der Waals surface area contributed by atoms with Crippen LogP contribution in [0.1, 0.15) is 36.7 Å². The van der Waals surface area contributed by atoms with Gasteiger partial charge >= 0.3 is 5.97 Å². The summed E-state index contributed by atoms with van der Waals surface area (Å²) in [6.45, 7) is 6.61. The van der Waals surface area contributed by atoms with Crippen molar-refractivity contribution in [2.45, 2.75) is 26.2 Å². The molecule has 0 amide bonds. The highest BCUT2D eigenvalue weighted by Gasteiger charge is 2.22. The summed E-state index contributed by atoms with van der Waals surface area (Å²) < 4.78 is 2.19. The fraction of sp³-hybridized carbons (Fsp3) is 0.160. The number of hydrogen-bond donors (Lipinski definition) is 1. The van der Waals surface area contributed by atoms with Crippen LogP contribution in [0.15, 0.2) is 78.9 Å². The molecule has 0 aliphatic carbocycles. The molecule has 0 atom stereocenters. The third kappa shape index (κ3) is 3.09. The van der Waals surface area contributed by atoms with E-state index in [2.05, 4.69) is 61.7 Å². The zero-order valence-electron chi connectivity index (χ0n) is 16.3. The molecule has 0 saturated carbocycles. The molecule has 3 heteroatoms. The second-order valence-corrected chi connectivity index (χ2v) is 8.08. The van der Waals surface area contributed by atoms with Crippen LogP contribution in [0.4, 0.5) is 0 Å². The molecule has 0 spiro atoms. The van der Waals surface area contributed by atoms with Crippen molar-refractivity contribution in [1.82, 2.24) is 4.57 Å². The molecule has 0 saturated heterocycles. The predicted octanol–water partition coefficient (Wildman–Crippen LogP) is 6.29. The minimum atomic E-state index is -0.921. The Bertz CT molecular complexity index is 1160. The molecule has 0 aliphatic rings. The molecule has 28 heavy (non-hydrogen) atoms. The number of aromatic nitrogens is 1. The third-order valence-electron chi connectivity index (χ3n) is 5.05. The van der Waals surface area contributed by atoms with Gasteiger partial charge in [0.25, 0.3) is 0 Å². The Morgan fingerprint density at radius 3 is 2.25 bits per heavy atom. The standard InChI is InChI=1S/C25H23NO2/c1-25(2,3)21-14-8-11-18-16-22(17-9-5-4-6-10-17)26(23(18)21)20-13-7-12-19(15-20)24(27)28/h4-16H,1-3H3,(H,27,28). The molecule has 0 fully saturated rings. The van der Waals surface area contributed by atoms with E-state index in [4.69, 9.17) is 0 Å². The fourth-order valence-electron chi connectivity index (χ4n) is 3.73. The van der Waals surface area contributed by atoms with E-state index in [0.717, 1.165) is 27.8 Å². The molecular formula is C25H23NO2. The zero-order chi connectivity index (χ0) is 19.9. The van der Waals surface area contributed by atoms with Crippen molar-refractivity contribution in [2.24, 2.45) is 0 Å². The minimum Gasteiger partial charge on any atom is -0.478 e. The smallest absolute Gasteiger partial charge is 0.335 e. The highest BCUT2D eigenvalue weighted by molar-refractivity contribution is 5.93. The van der Waals surface area contributed by atoms with Gasteiger partial charge in [-0.3, -0.25) is 0 Å². The van der Waals surface area contributed by atoms with Gasteiger partial charge in [0.15, 0.2) is 0 Å². The van der Waals surface area contributed by atoms with E-state index in [-0.39, 0.29) is 11.0 Å². The van der Waals surface area contributed by atoms with Crippen molar-refractivity contribution >= 4 is 16.9 Å². The van der Waals surface area contributed by atoms with Crippen molar-refractivity contribution in [3.63, 3.8) is 0 Å². The van der Waals surface area contributed by atoms with Crippen LogP contribution in [0.5, 0.6) is 0 Å². The maximum Gasteiger partial charge on any atom is 0.335 e. The lowest BCUT2D eigenvalue weighted by molar-refractivity contribution is 0.0697. The number of carbonyl (C=O) groups is 1. The van der Waals surface area contributed by atoms with E-state index in [1.807, 2.05) is 24.3 Å². The quantitative estimate of drug-likeness (QED) is 0.461. The van der Waals surface area contributed by atoms with E-state index >= 15 is 0 Å². The minimum absolute atomic E-state index is 0.0476. The van der Waals surface area contributed by atoms with Crippen molar-refractivity contribution in [3.8, 4) is 16.9 Å². The van der Waals surface area contributed by atoms with Gasteiger partial charge in [0.2, 0.25) is 0 Å². The van der Waals surface area contributed by atoms with E-state index in [0.29, 0.717) is 0 Å². The molecule has 3 aromatic carbocycles. The van der Waals surface area contributed by atoms with E-state index in [1.54, 1.807) is 18.2 Å². The molecule has 0 aliphatic heterocycles. The van der Waals surface area contributed by atoms with Crippen molar-refractivity contribution in [1.29, 1.82) is 0 Å². The summed E-state index contributed by atoms with van der Waals surface area (Å²) in [6.07, 6.45) is 0. The van der Waals surface area contributed by atoms with Gasteiger partial charge in [0.05, 0.1) is 16.8 Å². The molecule has 1 N–H and O–H groups in total. The number of hydrogen-bond acceptors (Lipinski definition) is 1. The number of para-hydroxylation sites is 1. The van der Waals surface area contributed by atoms with E-state index in [9.17, 15) is 9.90 Å². The lowest BCUT2D eigenvalue weighted by Crippen LogP contribution is -2.13. The molecule has 1 aromatic heterocycles. The fourth-order valence-corrected chi connectivity index (χ4v) is 3.73. The number of fused-ring (bicyclic) bond motifs is 1. The van der Waals surface area contributed by atoms with Gasteiger partial charge in [-0.05, 0) is 40.8 Å². The number of benzene rings is 3. The Labute approximate surface area is 164 Å². The van der Waals surface area contributed by atoms with Gasteiger partial charge in [0, 0.05) is 11.1 Å². The Morgan fingerprint density at radius 2 is 1.57 bits per heavy atom. The summed E-state index contributed by atoms with van der Waals surface area (Å²) in [7, 11) is 0. The first-order valence-electron chi connectivity index (χ1n) is 9.40. The van der Waals surface area contributed by atoms with Gasteiger partial charge in [-0.25, -0.2) is 4.79 Å². The van der Waals surface area contributed by atoms with Crippen molar-refractivity contribution < 1.29 is 9.90 Å². The molecule has 1 heterocycles. The number of aromatic carboxylic acids is 1. The summed E-state index contributed by atoms with van der Waals surface area (Å²) >= 11 is 0. The number of carboxylic acid groups (broad SMARTS) is 1. The first-order chi connectivity index (χ1) is 13.4. The lowest BCUT2D eigenvalue weighted by atomic mass is 9.86. The largest absolute Gasteiger partial charge is 0.478 e.